The van der Waals surface area contributed by atoms with Crippen LogP contribution in [-0.4, -0.2) is 51.9 Å². The van der Waals surface area contributed by atoms with Crippen LogP contribution in [0.15, 0.2) is 165 Å². The Morgan fingerprint density at radius 3 is 0.786 bits per heavy atom. The lowest BCUT2D eigenvalue weighted by molar-refractivity contribution is 0.481. The van der Waals surface area contributed by atoms with Crippen LogP contribution < -0.4 is 21.2 Å². The molecule has 56 heavy (non-hydrogen) atoms. The largest absolute Gasteiger partial charge is 0.295 e. The van der Waals surface area contributed by atoms with Crippen LogP contribution >= 0.6 is 15.8 Å². The molecule has 0 heterocycles. The summed E-state index contributed by atoms with van der Waals surface area (Å²) in [7, 11) is -23.2. The first-order valence-electron chi connectivity index (χ1n) is 16.3. The second-order valence-corrected chi connectivity index (χ2v) is 22.1. The molecule has 290 valence electrons. The molecule has 0 fully saturated rings. The van der Waals surface area contributed by atoms with E-state index in [1.807, 2.05) is 0 Å². The van der Waals surface area contributed by atoms with Gasteiger partial charge in [-0.15, -0.1) is 0 Å². The lowest BCUT2D eigenvalue weighted by Gasteiger charge is -2.26. The molecular weight excluding hydrogens is 839 g/mol. The molecule has 18 heteroatoms. The summed E-state index contributed by atoms with van der Waals surface area (Å²) < 4.78 is 142. The van der Waals surface area contributed by atoms with E-state index in [1.54, 1.807) is 72.8 Å². The number of hydrogen-bond acceptors (Lipinski definition) is 8. The van der Waals surface area contributed by atoms with Crippen molar-refractivity contribution in [1.29, 1.82) is 0 Å². The fraction of sp³-hybridized carbons (Fsp3) is 0.0526. The highest BCUT2D eigenvalue weighted by Crippen LogP contribution is 2.47. The average molecular weight is 871 g/mol. The zero-order valence-corrected chi connectivity index (χ0v) is 33.9. The molecule has 0 saturated heterocycles. The fourth-order valence-corrected chi connectivity index (χ4v) is 16.3. The molecule has 0 aliphatic carbocycles. The molecule has 0 aliphatic rings. The Kier molecular flexibility index (Phi) is 12.1. The molecule has 0 unspecified atom stereocenters. The highest BCUT2D eigenvalue weighted by atomic mass is 32.2. The summed E-state index contributed by atoms with van der Waals surface area (Å²) in [5, 5.41) is 0.486. The zero-order valence-electron chi connectivity index (χ0n) is 28.9. The Morgan fingerprint density at radius 2 is 0.536 bits per heavy atom. The van der Waals surface area contributed by atoms with Crippen molar-refractivity contribution in [3.05, 3.63) is 157 Å². The molecule has 0 bridgehead atoms. The highest BCUT2D eigenvalue weighted by molar-refractivity contribution is 7.89. The zero-order chi connectivity index (χ0) is 40.5. The third-order valence-electron chi connectivity index (χ3n) is 8.72. The lowest BCUT2D eigenvalue weighted by Crippen LogP contribution is -2.23. The Labute approximate surface area is 327 Å². The van der Waals surface area contributed by atoms with E-state index < -0.39 is 75.9 Å². The van der Waals surface area contributed by atoms with Crippen LogP contribution in [0, 0.1) is 0 Å². The van der Waals surface area contributed by atoms with Crippen LogP contribution in [0.1, 0.15) is 11.1 Å². The Hall–Kier alpha value is -4.18. The van der Waals surface area contributed by atoms with E-state index in [0.717, 1.165) is 0 Å². The Morgan fingerprint density at radius 1 is 0.321 bits per heavy atom. The fourth-order valence-electron chi connectivity index (χ4n) is 6.38. The van der Waals surface area contributed by atoms with Crippen molar-refractivity contribution in [1.82, 2.24) is 0 Å². The molecule has 4 N–H and O–H groups in total. The summed E-state index contributed by atoms with van der Waals surface area (Å²) in [6, 6.07) is 36.6. The summed E-state index contributed by atoms with van der Waals surface area (Å²) in [6.07, 6.45) is 0.00962. The van der Waals surface area contributed by atoms with Crippen molar-refractivity contribution in [3.63, 3.8) is 0 Å². The van der Waals surface area contributed by atoms with Crippen LogP contribution in [0.25, 0.3) is 11.1 Å². The van der Waals surface area contributed by atoms with Gasteiger partial charge in [0.15, 0.2) is 0 Å². The van der Waals surface area contributed by atoms with E-state index in [-0.39, 0.29) is 33.5 Å². The number of rotatable bonds is 13. The molecule has 6 aromatic carbocycles. The second kappa shape index (κ2) is 16.4. The van der Waals surface area contributed by atoms with Gasteiger partial charge < -0.3 is 0 Å². The molecule has 12 nitrogen and oxygen atoms in total. The topological polar surface area (TPSA) is 217 Å². The maximum atomic E-state index is 12.7. The molecule has 0 radical (unpaired) electrons. The predicted octanol–water partition coefficient (Wildman–Crippen LogP) is 5.61. The quantitative estimate of drug-likeness (QED) is 0.0824. The minimum absolute atomic E-state index is 0.00481. The van der Waals surface area contributed by atoms with Gasteiger partial charge in [-0.2, -0.15) is 33.7 Å². The van der Waals surface area contributed by atoms with Crippen LogP contribution in [0.4, 0.5) is 0 Å². The maximum Gasteiger partial charge on any atom is 0.295 e. The standard InChI is InChI=1S/C38H32O12P2S4/c39-53(40,41)35-21-9-5-17-31(35)51(32-18-6-10-22-36(32)54(42,43)44)25-27-13-1-3-15-29(27)30-16-4-2-14-28(30)26-52(33-19-7-11-23-37(33)55(45,46)47)34-20-8-12-24-38(34)56(48,49)50/h1-24H,25-26H2,(H,39,40,41)(H,42,43,44)(H,45,46,47)(H,48,49,50). The third-order valence-corrected chi connectivity index (χ3v) is 18.2. The van der Waals surface area contributed by atoms with Crippen LogP contribution in [0.3, 0.4) is 0 Å². The first kappa shape index (κ1) is 41.5. The highest BCUT2D eigenvalue weighted by Gasteiger charge is 2.31. The van der Waals surface area contributed by atoms with E-state index in [2.05, 4.69) is 0 Å². The summed E-state index contributed by atoms with van der Waals surface area (Å²) >= 11 is 0. The van der Waals surface area contributed by atoms with Crippen molar-refractivity contribution in [2.24, 2.45) is 0 Å². The van der Waals surface area contributed by atoms with Gasteiger partial charge in [0.2, 0.25) is 0 Å². The Balaban J connectivity index is 1.56. The van der Waals surface area contributed by atoms with Gasteiger partial charge in [0, 0.05) is 33.5 Å². The SMILES string of the molecule is O=S(=O)(O)c1ccccc1P(Cc1ccccc1-c1ccccc1CP(c1ccccc1S(=O)(=O)O)c1ccccc1S(=O)(=O)O)c1ccccc1S(=O)(=O)O. The molecule has 0 amide bonds. The maximum absolute atomic E-state index is 12.7. The van der Waals surface area contributed by atoms with E-state index in [0.29, 0.717) is 22.3 Å². The van der Waals surface area contributed by atoms with Crippen LogP contribution in [0.5, 0.6) is 0 Å². The number of benzene rings is 6. The van der Waals surface area contributed by atoms with Crippen molar-refractivity contribution >= 4 is 77.5 Å². The molecule has 6 aromatic rings. The van der Waals surface area contributed by atoms with E-state index in [1.165, 1.54) is 72.8 Å². The molecule has 0 spiro atoms. The Bertz CT molecular complexity index is 2550. The normalized spacial score (nSPS) is 12.6. The molecule has 0 aliphatic heterocycles. The monoisotopic (exact) mass is 870 g/mol. The van der Waals surface area contributed by atoms with Gasteiger partial charge >= 0.3 is 0 Å². The van der Waals surface area contributed by atoms with E-state index >= 15 is 0 Å². The summed E-state index contributed by atoms with van der Waals surface area (Å²) in [5.41, 5.74) is 2.40. The second-order valence-electron chi connectivity index (χ2n) is 12.3. The van der Waals surface area contributed by atoms with Gasteiger partial charge in [0.25, 0.3) is 40.5 Å². The molecule has 6 rings (SSSR count). The van der Waals surface area contributed by atoms with Gasteiger partial charge in [-0.3, -0.25) is 18.2 Å². The minimum Gasteiger partial charge on any atom is -0.282 e. The van der Waals surface area contributed by atoms with Crippen molar-refractivity contribution in [3.8, 4) is 11.1 Å². The summed E-state index contributed by atoms with van der Waals surface area (Å²) in [4.78, 5) is -1.74. The summed E-state index contributed by atoms with van der Waals surface area (Å²) in [5.74, 6) is 0. The molecule has 0 atom stereocenters. The molecule has 0 saturated carbocycles. The van der Waals surface area contributed by atoms with E-state index in [9.17, 15) is 51.9 Å². The van der Waals surface area contributed by atoms with Gasteiger partial charge in [0.05, 0.1) is 0 Å². The van der Waals surface area contributed by atoms with Gasteiger partial charge in [0.1, 0.15) is 19.6 Å². The lowest BCUT2D eigenvalue weighted by atomic mass is 9.97. The smallest absolute Gasteiger partial charge is 0.282 e. The van der Waals surface area contributed by atoms with Crippen molar-refractivity contribution in [2.45, 2.75) is 31.9 Å². The average Bonchev–Trinajstić information content (AvgIpc) is 3.15. The predicted molar refractivity (Wildman–Crippen MR) is 217 cm³/mol. The van der Waals surface area contributed by atoms with Gasteiger partial charge in [-0.25, -0.2) is 0 Å². The van der Waals surface area contributed by atoms with Crippen molar-refractivity contribution in [2.75, 3.05) is 0 Å². The number of hydrogen-bond donors (Lipinski definition) is 4. The molecular formula is C38H32O12P2S4. The minimum atomic E-state index is -4.81. The van der Waals surface area contributed by atoms with Crippen LogP contribution in [0.2, 0.25) is 0 Å². The first-order chi connectivity index (χ1) is 26.4. The van der Waals surface area contributed by atoms with E-state index in [4.69, 9.17) is 0 Å². The van der Waals surface area contributed by atoms with Gasteiger partial charge in [-0.1, -0.05) is 121 Å². The van der Waals surface area contributed by atoms with Gasteiger partial charge in [-0.05, 0) is 62.4 Å². The molecule has 0 aromatic heterocycles. The van der Waals surface area contributed by atoms with Crippen molar-refractivity contribution < 1.29 is 51.9 Å². The third kappa shape index (κ3) is 9.17. The summed E-state index contributed by atoms with van der Waals surface area (Å²) in [6.45, 7) is 0. The van der Waals surface area contributed by atoms with Crippen LogP contribution in [-0.2, 0) is 52.8 Å². The first-order valence-corrected chi connectivity index (χ1v) is 25.1.